The van der Waals surface area contributed by atoms with Gasteiger partial charge in [-0.25, -0.2) is 0 Å². The number of nitrogens with zero attached hydrogens (tertiary/aromatic N) is 2. The van der Waals surface area contributed by atoms with Crippen molar-refractivity contribution in [3.05, 3.63) is 23.8 Å². The first-order chi connectivity index (χ1) is 12.1. The minimum Gasteiger partial charge on any atom is -0.493 e. The fourth-order valence-electron chi connectivity index (χ4n) is 3.79. The number of methoxy groups -OCH3 is 2. The van der Waals surface area contributed by atoms with Crippen LogP contribution in [0.2, 0.25) is 0 Å². The molecule has 2 heterocycles. The van der Waals surface area contributed by atoms with Crippen molar-refractivity contribution in [2.45, 2.75) is 18.3 Å². The molecule has 6 nitrogen and oxygen atoms in total. The van der Waals surface area contributed by atoms with Gasteiger partial charge in [-0.1, -0.05) is 6.07 Å². The molecule has 1 aromatic carbocycles. The predicted octanol–water partition coefficient (Wildman–Crippen LogP) is 1.53. The van der Waals surface area contributed by atoms with Gasteiger partial charge in [-0.3, -0.25) is 4.79 Å². The van der Waals surface area contributed by atoms with Crippen molar-refractivity contribution in [2.75, 3.05) is 60.7 Å². The molecule has 0 saturated carbocycles. The van der Waals surface area contributed by atoms with Crippen molar-refractivity contribution in [3.8, 4) is 11.5 Å². The molecule has 0 N–H and O–H groups in total. The number of amides is 1. The molecule has 0 spiro atoms. The second kappa shape index (κ2) is 7.62. The lowest BCUT2D eigenvalue weighted by molar-refractivity contribution is -0.143. The summed E-state index contributed by atoms with van der Waals surface area (Å²) in [6.07, 6.45) is 1.40. The number of likely N-dealkylation sites (N-methyl/N-ethyl adjacent to an activating group) is 1. The Morgan fingerprint density at radius 1 is 1.04 bits per heavy atom. The van der Waals surface area contributed by atoms with Crippen LogP contribution in [0, 0.1) is 0 Å². The van der Waals surface area contributed by atoms with Gasteiger partial charge in [-0.05, 0) is 37.6 Å². The second-order valence-corrected chi connectivity index (χ2v) is 6.86. The van der Waals surface area contributed by atoms with Gasteiger partial charge >= 0.3 is 0 Å². The molecule has 3 rings (SSSR count). The Kier molecular flexibility index (Phi) is 5.49. The molecule has 2 aliphatic rings. The average Bonchev–Trinajstić information content (AvgIpc) is 2.68. The van der Waals surface area contributed by atoms with Crippen LogP contribution < -0.4 is 9.47 Å². The van der Waals surface area contributed by atoms with E-state index in [2.05, 4.69) is 11.9 Å². The maximum absolute atomic E-state index is 13.5. The van der Waals surface area contributed by atoms with Crippen molar-refractivity contribution in [1.82, 2.24) is 9.80 Å². The molecule has 0 radical (unpaired) electrons. The lowest BCUT2D eigenvalue weighted by Gasteiger charge is -2.42. The first-order valence-corrected chi connectivity index (χ1v) is 8.89. The second-order valence-electron chi connectivity index (χ2n) is 6.86. The predicted molar refractivity (Wildman–Crippen MR) is 95.4 cm³/mol. The number of rotatable bonds is 4. The van der Waals surface area contributed by atoms with Crippen LogP contribution >= 0.6 is 0 Å². The zero-order valence-corrected chi connectivity index (χ0v) is 15.4. The summed E-state index contributed by atoms with van der Waals surface area (Å²) in [5, 5.41) is 0. The summed E-state index contributed by atoms with van der Waals surface area (Å²) >= 11 is 0. The maximum Gasteiger partial charge on any atom is 0.233 e. The number of ether oxygens (including phenoxy) is 3. The molecule has 0 bridgehead atoms. The molecule has 0 unspecified atom stereocenters. The van der Waals surface area contributed by atoms with E-state index < -0.39 is 5.41 Å². The Hall–Kier alpha value is -1.79. The van der Waals surface area contributed by atoms with E-state index in [0.29, 0.717) is 37.6 Å². The summed E-state index contributed by atoms with van der Waals surface area (Å²) in [7, 11) is 5.35. The summed E-state index contributed by atoms with van der Waals surface area (Å²) in [6.45, 7) is 4.62. The van der Waals surface area contributed by atoms with Crippen LogP contribution in [0.15, 0.2) is 18.2 Å². The number of carbonyl (C=O) groups excluding carboxylic acids is 1. The first-order valence-electron chi connectivity index (χ1n) is 8.89. The smallest absolute Gasteiger partial charge is 0.233 e. The molecule has 138 valence electrons. The monoisotopic (exact) mass is 348 g/mol. The van der Waals surface area contributed by atoms with Gasteiger partial charge in [0, 0.05) is 39.4 Å². The Morgan fingerprint density at radius 3 is 2.28 bits per heavy atom. The molecule has 6 heteroatoms. The highest BCUT2D eigenvalue weighted by Gasteiger charge is 2.44. The number of hydrogen-bond donors (Lipinski definition) is 0. The van der Waals surface area contributed by atoms with Gasteiger partial charge in [0.2, 0.25) is 5.91 Å². The lowest BCUT2D eigenvalue weighted by Crippen LogP contribution is -2.55. The highest BCUT2D eigenvalue weighted by atomic mass is 16.5. The summed E-state index contributed by atoms with van der Waals surface area (Å²) in [5.74, 6) is 1.56. The van der Waals surface area contributed by atoms with E-state index in [0.717, 1.165) is 31.7 Å². The first kappa shape index (κ1) is 18.0. The van der Waals surface area contributed by atoms with Crippen LogP contribution in [0.25, 0.3) is 0 Å². The molecule has 0 aromatic heterocycles. The topological polar surface area (TPSA) is 51.2 Å². The van der Waals surface area contributed by atoms with Crippen LogP contribution in [-0.2, 0) is 14.9 Å². The summed E-state index contributed by atoms with van der Waals surface area (Å²) < 4.78 is 16.4. The average molecular weight is 348 g/mol. The van der Waals surface area contributed by atoms with Gasteiger partial charge in [-0.2, -0.15) is 0 Å². The molecule has 2 fully saturated rings. The Balaban J connectivity index is 1.94. The molecule has 2 aliphatic heterocycles. The molecular weight excluding hydrogens is 320 g/mol. The van der Waals surface area contributed by atoms with E-state index in [4.69, 9.17) is 14.2 Å². The van der Waals surface area contributed by atoms with Crippen LogP contribution in [0.3, 0.4) is 0 Å². The van der Waals surface area contributed by atoms with Crippen molar-refractivity contribution in [1.29, 1.82) is 0 Å². The van der Waals surface area contributed by atoms with Crippen LogP contribution in [0.4, 0.5) is 0 Å². The fraction of sp³-hybridized carbons (Fsp3) is 0.632. The number of benzene rings is 1. The third-order valence-electron chi connectivity index (χ3n) is 5.48. The molecule has 1 aromatic rings. The zero-order valence-electron chi connectivity index (χ0n) is 15.4. The summed E-state index contributed by atoms with van der Waals surface area (Å²) in [4.78, 5) is 17.8. The lowest BCUT2D eigenvalue weighted by atomic mass is 9.72. The summed E-state index contributed by atoms with van der Waals surface area (Å²) in [6, 6.07) is 5.85. The van der Waals surface area contributed by atoms with E-state index in [1.807, 2.05) is 23.1 Å². The largest absolute Gasteiger partial charge is 0.493 e. The van der Waals surface area contributed by atoms with Gasteiger partial charge in [0.25, 0.3) is 0 Å². The normalized spacial score (nSPS) is 21.0. The van der Waals surface area contributed by atoms with Gasteiger partial charge in [0.05, 0.1) is 19.6 Å². The van der Waals surface area contributed by atoms with Crippen LogP contribution in [0.1, 0.15) is 18.4 Å². The van der Waals surface area contributed by atoms with E-state index in [9.17, 15) is 4.79 Å². The van der Waals surface area contributed by atoms with Crippen molar-refractivity contribution in [3.63, 3.8) is 0 Å². The zero-order chi connectivity index (χ0) is 17.9. The minimum absolute atomic E-state index is 0.219. The highest BCUT2D eigenvalue weighted by molar-refractivity contribution is 5.89. The molecular formula is C19H28N2O4. The molecule has 0 aliphatic carbocycles. The number of carbonyl (C=O) groups is 1. The van der Waals surface area contributed by atoms with Crippen LogP contribution in [-0.4, -0.2) is 76.4 Å². The van der Waals surface area contributed by atoms with Crippen LogP contribution in [0.5, 0.6) is 11.5 Å². The Bertz CT molecular complexity index is 605. The maximum atomic E-state index is 13.5. The fourth-order valence-corrected chi connectivity index (χ4v) is 3.79. The van der Waals surface area contributed by atoms with Gasteiger partial charge in [-0.15, -0.1) is 0 Å². The van der Waals surface area contributed by atoms with Gasteiger partial charge < -0.3 is 24.0 Å². The quantitative estimate of drug-likeness (QED) is 0.826. The number of piperazine rings is 1. The van der Waals surface area contributed by atoms with E-state index in [1.54, 1.807) is 14.2 Å². The summed E-state index contributed by atoms with van der Waals surface area (Å²) in [5.41, 5.74) is 0.464. The van der Waals surface area contributed by atoms with Crippen molar-refractivity contribution < 1.29 is 19.0 Å². The van der Waals surface area contributed by atoms with Gasteiger partial charge in [0.1, 0.15) is 0 Å². The third-order valence-corrected chi connectivity index (χ3v) is 5.48. The minimum atomic E-state index is -0.534. The van der Waals surface area contributed by atoms with Crippen molar-refractivity contribution >= 4 is 5.91 Å². The van der Waals surface area contributed by atoms with Gasteiger partial charge in [0.15, 0.2) is 11.5 Å². The Labute approximate surface area is 149 Å². The van der Waals surface area contributed by atoms with E-state index in [1.165, 1.54) is 0 Å². The molecule has 2 saturated heterocycles. The molecule has 25 heavy (non-hydrogen) atoms. The molecule has 0 atom stereocenters. The highest BCUT2D eigenvalue weighted by Crippen LogP contribution is 2.40. The Morgan fingerprint density at radius 2 is 1.68 bits per heavy atom. The molecule has 1 amide bonds. The number of hydrogen-bond acceptors (Lipinski definition) is 5. The SMILES string of the molecule is COc1ccc(C2(C(=O)N3CCN(C)CC3)CCOCC2)cc1OC. The van der Waals surface area contributed by atoms with Crippen molar-refractivity contribution in [2.24, 2.45) is 0 Å². The standard InChI is InChI=1S/C19H28N2O4/c1-20-8-10-21(11-9-20)18(22)19(6-12-25-13-7-19)15-4-5-16(23-2)17(14-15)24-3/h4-5,14H,6-13H2,1-3H3. The van der Waals surface area contributed by atoms with E-state index >= 15 is 0 Å². The third kappa shape index (κ3) is 3.46. The van der Waals surface area contributed by atoms with E-state index in [-0.39, 0.29) is 5.91 Å².